The lowest BCUT2D eigenvalue weighted by Crippen LogP contribution is -2.45. The van der Waals surface area contributed by atoms with Gasteiger partial charge in [0.1, 0.15) is 0 Å². The van der Waals surface area contributed by atoms with Gasteiger partial charge in [0.15, 0.2) is 12.6 Å². The highest BCUT2D eigenvalue weighted by Gasteiger charge is 2.30. The Kier molecular flexibility index (Phi) is 9.92. The number of nitrogens with one attached hydrogen (secondary N) is 2. The highest BCUT2D eigenvalue weighted by molar-refractivity contribution is 14.0. The second-order valence-corrected chi connectivity index (χ2v) is 7.67. The van der Waals surface area contributed by atoms with Crippen LogP contribution in [0.4, 0.5) is 13.2 Å². The molecule has 10 heteroatoms. The fraction of sp³-hybridized carbons (Fsp3) is 0.700. The van der Waals surface area contributed by atoms with Gasteiger partial charge in [-0.15, -0.1) is 24.0 Å². The number of guanidine groups is 1. The first-order valence-corrected chi connectivity index (χ1v) is 10.4. The molecule has 6 nitrogen and oxygen atoms in total. The van der Waals surface area contributed by atoms with Crippen molar-refractivity contribution in [3.05, 3.63) is 23.9 Å². The van der Waals surface area contributed by atoms with Crippen LogP contribution in [0, 0.1) is 0 Å². The van der Waals surface area contributed by atoms with Crippen molar-refractivity contribution in [1.29, 1.82) is 0 Å². The smallest absolute Gasteiger partial charge is 0.422 e. The molecule has 1 aliphatic heterocycles. The van der Waals surface area contributed by atoms with Crippen molar-refractivity contribution >= 4 is 29.9 Å². The summed E-state index contributed by atoms with van der Waals surface area (Å²) in [5, 5.41) is 6.78. The number of hydrogen-bond donors (Lipinski definition) is 2. The van der Waals surface area contributed by atoms with E-state index in [0.717, 1.165) is 43.6 Å². The molecule has 1 aromatic rings. The molecule has 1 saturated carbocycles. The molecular formula is C20H31F3IN5O. The fourth-order valence-electron chi connectivity index (χ4n) is 3.94. The topological polar surface area (TPSA) is 61.8 Å². The molecule has 0 radical (unpaired) electrons. The molecule has 0 amide bonds. The Bertz CT molecular complexity index is 665. The van der Waals surface area contributed by atoms with Crippen LogP contribution in [-0.4, -0.2) is 60.3 Å². The first kappa shape index (κ1) is 25.0. The summed E-state index contributed by atoms with van der Waals surface area (Å²) in [6.45, 7) is 4.00. The lowest BCUT2D eigenvalue weighted by Gasteiger charge is -2.24. The van der Waals surface area contributed by atoms with Crippen LogP contribution in [0.2, 0.25) is 0 Å². The molecule has 2 heterocycles. The van der Waals surface area contributed by atoms with Gasteiger partial charge in [0.05, 0.1) is 6.54 Å². The Labute approximate surface area is 193 Å². The van der Waals surface area contributed by atoms with E-state index in [-0.39, 0.29) is 29.9 Å². The van der Waals surface area contributed by atoms with Gasteiger partial charge in [-0.2, -0.15) is 13.2 Å². The summed E-state index contributed by atoms with van der Waals surface area (Å²) >= 11 is 0. The molecule has 170 valence electrons. The lowest BCUT2D eigenvalue weighted by atomic mass is 10.2. The SMILES string of the molecule is CCNC(=NCc1ccc(OCC(F)(F)F)nc1)NC1CCN(C2CCCC2)C1.I. The summed E-state index contributed by atoms with van der Waals surface area (Å²) in [6.07, 6.45) is 3.55. The molecule has 0 aromatic carbocycles. The number of halogens is 4. The van der Waals surface area contributed by atoms with Crippen molar-refractivity contribution in [3.8, 4) is 5.88 Å². The maximum atomic E-state index is 12.2. The Morgan fingerprint density at radius 2 is 2.03 bits per heavy atom. The van der Waals surface area contributed by atoms with Crippen molar-refractivity contribution in [3.63, 3.8) is 0 Å². The zero-order valence-electron chi connectivity index (χ0n) is 17.2. The normalized spacial score (nSPS) is 20.8. The maximum absolute atomic E-state index is 12.2. The molecule has 1 aliphatic carbocycles. The number of rotatable bonds is 7. The average Bonchev–Trinajstić information content (AvgIpc) is 3.36. The van der Waals surface area contributed by atoms with Crippen LogP contribution in [0.25, 0.3) is 0 Å². The van der Waals surface area contributed by atoms with E-state index >= 15 is 0 Å². The summed E-state index contributed by atoms with van der Waals surface area (Å²) in [5.74, 6) is 0.709. The number of likely N-dealkylation sites (tertiary alicyclic amines) is 1. The van der Waals surface area contributed by atoms with Crippen LogP contribution in [-0.2, 0) is 6.54 Å². The summed E-state index contributed by atoms with van der Waals surface area (Å²) in [7, 11) is 0. The van der Waals surface area contributed by atoms with Crippen LogP contribution in [0.3, 0.4) is 0 Å². The minimum absolute atomic E-state index is 0. The second kappa shape index (κ2) is 11.9. The van der Waals surface area contributed by atoms with Gasteiger partial charge in [-0.1, -0.05) is 18.9 Å². The van der Waals surface area contributed by atoms with E-state index in [4.69, 9.17) is 0 Å². The minimum atomic E-state index is -4.37. The summed E-state index contributed by atoms with van der Waals surface area (Å²) in [6, 6.07) is 4.24. The second-order valence-electron chi connectivity index (χ2n) is 7.67. The third kappa shape index (κ3) is 8.09. The van der Waals surface area contributed by atoms with Crippen molar-refractivity contribution in [2.24, 2.45) is 4.99 Å². The van der Waals surface area contributed by atoms with Gasteiger partial charge in [0, 0.05) is 44.0 Å². The highest BCUT2D eigenvalue weighted by Crippen LogP contribution is 2.26. The summed E-state index contributed by atoms with van der Waals surface area (Å²) in [5.41, 5.74) is 0.806. The molecule has 30 heavy (non-hydrogen) atoms. The van der Waals surface area contributed by atoms with Gasteiger partial charge in [-0.05, 0) is 31.7 Å². The van der Waals surface area contributed by atoms with Gasteiger partial charge < -0.3 is 15.4 Å². The van der Waals surface area contributed by atoms with Gasteiger partial charge >= 0.3 is 6.18 Å². The number of hydrogen-bond acceptors (Lipinski definition) is 4. The molecule has 1 aromatic heterocycles. The van der Waals surface area contributed by atoms with Crippen molar-refractivity contribution in [2.45, 2.75) is 63.8 Å². The van der Waals surface area contributed by atoms with Crippen LogP contribution in [0.15, 0.2) is 23.3 Å². The van der Waals surface area contributed by atoms with Gasteiger partial charge in [0.2, 0.25) is 5.88 Å². The predicted octanol–water partition coefficient (Wildman–Crippen LogP) is 3.71. The fourth-order valence-corrected chi connectivity index (χ4v) is 3.94. The van der Waals surface area contributed by atoms with E-state index in [9.17, 15) is 13.2 Å². The minimum Gasteiger partial charge on any atom is -0.468 e. The number of nitrogens with zero attached hydrogens (tertiary/aromatic N) is 3. The molecule has 0 spiro atoms. The molecule has 1 unspecified atom stereocenters. The van der Waals surface area contributed by atoms with E-state index in [0.29, 0.717) is 12.6 Å². The zero-order valence-corrected chi connectivity index (χ0v) is 19.6. The van der Waals surface area contributed by atoms with E-state index in [1.165, 1.54) is 37.9 Å². The predicted molar refractivity (Wildman–Crippen MR) is 121 cm³/mol. The van der Waals surface area contributed by atoms with Gasteiger partial charge in [-0.25, -0.2) is 9.98 Å². The molecule has 2 N–H and O–H groups in total. The number of aliphatic imine (C=N–C) groups is 1. The first-order chi connectivity index (χ1) is 13.9. The van der Waals surface area contributed by atoms with Crippen LogP contribution >= 0.6 is 24.0 Å². The number of ether oxygens (including phenoxy) is 1. The number of aromatic nitrogens is 1. The van der Waals surface area contributed by atoms with Gasteiger partial charge in [0.25, 0.3) is 0 Å². The van der Waals surface area contributed by atoms with Crippen molar-refractivity contribution in [2.75, 3.05) is 26.2 Å². The highest BCUT2D eigenvalue weighted by atomic mass is 127. The van der Waals surface area contributed by atoms with E-state index in [1.807, 2.05) is 6.92 Å². The Morgan fingerprint density at radius 3 is 2.67 bits per heavy atom. The summed E-state index contributed by atoms with van der Waals surface area (Å²) in [4.78, 5) is 11.1. The molecule has 2 fully saturated rings. The number of alkyl halides is 3. The van der Waals surface area contributed by atoms with E-state index < -0.39 is 12.8 Å². The Morgan fingerprint density at radius 1 is 1.27 bits per heavy atom. The lowest BCUT2D eigenvalue weighted by molar-refractivity contribution is -0.154. The maximum Gasteiger partial charge on any atom is 0.422 e. The molecule has 0 bridgehead atoms. The standard InChI is InChI=1S/C20H30F3N5O.HI/c1-2-24-19(27-16-9-10-28(13-16)17-5-3-4-6-17)26-12-15-7-8-18(25-11-15)29-14-20(21,22)23;/h7-8,11,16-17H,2-6,9-10,12-14H2,1H3,(H2,24,26,27);1H. The Balaban J connectivity index is 0.00000320. The molecular weight excluding hydrogens is 510 g/mol. The van der Waals surface area contributed by atoms with E-state index in [2.05, 4.69) is 30.2 Å². The zero-order chi connectivity index (χ0) is 20.7. The summed E-state index contributed by atoms with van der Waals surface area (Å²) < 4.78 is 41.2. The third-order valence-electron chi connectivity index (χ3n) is 5.35. The van der Waals surface area contributed by atoms with Crippen molar-refractivity contribution < 1.29 is 17.9 Å². The average molecular weight is 541 g/mol. The van der Waals surface area contributed by atoms with Crippen LogP contribution in [0.1, 0.15) is 44.6 Å². The van der Waals surface area contributed by atoms with Crippen molar-refractivity contribution in [1.82, 2.24) is 20.5 Å². The quantitative estimate of drug-likeness (QED) is 0.313. The Hall–Kier alpha value is -1.30. The molecule has 2 aliphatic rings. The molecule has 3 rings (SSSR count). The van der Waals surface area contributed by atoms with Gasteiger partial charge in [-0.3, -0.25) is 4.90 Å². The van der Waals surface area contributed by atoms with Crippen LogP contribution < -0.4 is 15.4 Å². The number of pyridine rings is 1. The largest absolute Gasteiger partial charge is 0.468 e. The third-order valence-corrected chi connectivity index (χ3v) is 5.35. The molecule has 1 saturated heterocycles. The van der Waals surface area contributed by atoms with E-state index in [1.54, 1.807) is 6.07 Å². The monoisotopic (exact) mass is 541 g/mol. The van der Waals surface area contributed by atoms with Crippen LogP contribution in [0.5, 0.6) is 5.88 Å². The molecule has 1 atom stereocenters. The first-order valence-electron chi connectivity index (χ1n) is 10.4.